The summed E-state index contributed by atoms with van der Waals surface area (Å²) in [6.45, 7) is 8.68. The Morgan fingerprint density at radius 3 is 2.38 bits per heavy atom. The first-order valence-electron chi connectivity index (χ1n) is 6.94. The average molecular weight is 368 g/mol. The Morgan fingerprint density at radius 2 is 1.76 bits per heavy atom. The largest absolute Gasteiger partial charge is 0.457 e. The van der Waals surface area contributed by atoms with Crippen LogP contribution in [0.3, 0.4) is 0 Å². The van der Waals surface area contributed by atoms with Crippen molar-refractivity contribution in [3.63, 3.8) is 0 Å². The number of hydrogen-bond donors (Lipinski definition) is 0. The molecule has 0 unspecified atom stereocenters. The van der Waals surface area contributed by atoms with Crippen LogP contribution in [0, 0.1) is 6.92 Å². The highest BCUT2D eigenvalue weighted by Gasteiger charge is 2.20. The number of alkyl halides is 1. The van der Waals surface area contributed by atoms with Gasteiger partial charge in [-0.25, -0.2) is 0 Å². The summed E-state index contributed by atoms with van der Waals surface area (Å²) in [6, 6.07) is 12.2. The van der Waals surface area contributed by atoms with Gasteiger partial charge in [0.05, 0.1) is 5.88 Å². The zero-order valence-electron chi connectivity index (χ0n) is 12.8. The van der Waals surface area contributed by atoms with E-state index in [9.17, 15) is 0 Å². The molecule has 21 heavy (non-hydrogen) atoms. The first kappa shape index (κ1) is 16.4. The summed E-state index contributed by atoms with van der Waals surface area (Å²) in [5.41, 5.74) is 3.44. The molecular formula is C18H20BrClO. The highest BCUT2D eigenvalue weighted by atomic mass is 79.9. The van der Waals surface area contributed by atoms with Crippen LogP contribution in [-0.2, 0) is 11.3 Å². The standard InChI is InChI=1S/C18H20BrClO/c1-12-5-8-16(15(9-12)18(2,3)4)21-17-10-14(19)7-6-13(17)11-20/h5-10H,11H2,1-4H3. The number of benzene rings is 2. The molecule has 0 amide bonds. The minimum Gasteiger partial charge on any atom is -0.457 e. The van der Waals surface area contributed by atoms with E-state index in [0.717, 1.165) is 21.5 Å². The van der Waals surface area contributed by atoms with Gasteiger partial charge in [0.25, 0.3) is 0 Å². The van der Waals surface area contributed by atoms with E-state index < -0.39 is 0 Å². The maximum atomic E-state index is 6.18. The number of aryl methyl sites for hydroxylation is 1. The molecule has 0 saturated heterocycles. The van der Waals surface area contributed by atoms with Crippen LogP contribution in [0.5, 0.6) is 11.5 Å². The Hall–Kier alpha value is -0.990. The first-order chi connectivity index (χ1) is 9.81. The van der Waals surface area contributed by atoms with Crippen LogP contribution < -0.4 is 4.74 Å². The third-order valence-electron chi connectivity index (χ3n) is 3.34. The van der Waals surface area contributed by atoms with Crippen molar-refractivity contribution in [1.82, 2.24) is 0 Å². The van der Waals surface area contributed by atoms with Crippen molar-refractivity contribution in [1.29, 1.82) is 0 Å². The van der Waals surface area contributed by atoms with Crippen LogP contribution in [0.15, 0.2) is 40.9 Å². The molecule has 0 atom stereocenters. The van der Waals surface area contributed by atoms with Gasteiger partial charge in [-0.1, -0.05) is 60.5 Å². The number of rotatable bonds is 3. The second kappa shape index (κ2) is 6.41. The smallest absolute Gasteiger partial charge is 0.132 e. The summed E-state index contributed by atoms with van der Waals surface area (Å²) in [6.07, 6.45) is 0. The van der Waals surface area contributed by atoms with Crippen LogP contribution in [-0.4, -0.2) is 0 Å². The predicted molar refractivity (Wildman–Crippen MR) is 93.7 cm³/mol. The molecule has 0 aliphatic rings. The number of halogens is 2. The second-order valence-electron chi connectivity index (χ2n) is 6.24. The average Bonchev–Trinajstić information content (AvgIpc) is 2.40. The summed E-state index contributed by atoms with van der Waals surface area (Å²) in [7, 11) is 0. The fourth-order valence-electron chi connectivity index (χ4n) is 2.17. The number of hydrogen-bond acceptors (Lipinski definition) is 1. The lowest BCUT2D eigenvalue weighted by Crippen LogP contribution is -2.13. The highest BCUT2D eigenvalue weighted by Crippen LogP contribution is 2.37. The maximum absolute atomic E-state index is 6.18. The van der Waals surface area contributed by atoms with Crippen molar-refractivity contribution in [2.75, 3.05) is 0 Å². The van der Waals surface area contributed by atoms with E-state index in [1.165, 1.54) is 11.1 Å². The van der Waals surface area contributed by atoms with E-state index in [1.807, 2.05) is 24.3 Å². The Balaban J connectivity index is 2.47. The van der Waals surface area contributed by atoms with Crippen LogP contribution in [0.1, 0.15) is 37.5 Å². The summed E-state index contributed by atoms with van der Waals surface area (Å²) >= 11 is 9.50. The molecule has 0 bridgehead atoms. The Kier molecular flexibility index (Phi) is 5.00. The van der Waals surface area contributed by atoms with Crippen LogP contribution in [0.25, 0.3) is 0 Å². The van der Waals surface area contributed by atoms with Crippen LogP contribution in [0.2, 0.25) is 0 Å². The molecular weight excluding hydrogens is 348 g/mol. The van der Waals surface area contributed by atoms with Gasteiger partial charge >= 0.3 is 0 Å². The van der Waals surface area contributed by atoms with Crippen molar-refractivity contribution < 1.29 is 4.74 Å². The molecule has 0 spiro atoms. The molecule has 0 saturated carbocycles. The Labute approximate surface area is 140 Å². The normalized spacial score (nSPS) is 11.5. The third-order valence-corrected chi connectivity index (χ3v) is 4.12. The molecule has 112 valence electrons. The van der Waals surface area contributed by atoms with Gasteiger partial charge in [-0.3, -0.25) is 0 Å². The van der Waals surface area contributed by atoms with Crippen molar-refractivity contribution in [2.45, 2.75) is 39.0 Å². The van der Waals surface area contributed by atoms with Crippen molar-refractivity contribution >= 4 is 27.5 Å². The fraction of sp³-hybridized carbons (Fsp3) is 0.333. The molecule has 0 radical (unpaired) electrons. The van der Waals surface area contributed by atoms with E-state index >= 15 is 0 Å². The minimum atomic E-state index is 0.0223. The zero-order valence-corrected chi connectivity index (χ0v) is 15.2. The molecule has 1 nitrogen and oxygen atoms in total. The third kappa shape index (κ3) is 4.02. The lowest BCUT2D eigenvalue weighted by atomic mass is 9.85. The van der Waals surface area contributed by atoms with E-state index in [4.69, 9.17) is 16.3 Å². The maximum Gasteiger partial charge on any atom is 0.132 e. The van der Waals surface area contributed by atoms with Gasteiger partial charge in [0.1, 0.15) is 11.5 Å². The second-order valence-corrected chi connectivity index (χ2v) is 7.42. The van der Waals surface area contributed by atoms with Crippen LogP contribution >= 0.6 is 27.5 Å². The quantitative estimate of drug-likeness (QED) is 0.556. The number of ether oxygens (including phenoxy) is 1. The van der Waals surface area contributed by atoms with Crippen molar-refractivity contribution in [2.24, 2.45) is 0 Å². The predicted octanol–water partition coefficient (Wildman–Crippen LogP) is 6.59. The molecule has 0 aliphatic heterocycles. The molecule has 2 aromatic carbocycles. The fourth-order valence-corrected chi connectivity index (χ4v) is 2.73. The van der Waals surface area contributed by atoms with Crippen LogP contribution in [0.4, 0.5) is 0 Å². The monoisotopic (exact) mass is 366 g/mol. The molecule has 0 fully saturated rings. The SMILES string of the molecule is Cc1ccc(Oc2cc(Br)ccc2CCl)c(C(C)(C)C)c1. The van der Waals surface area contributed by atoms with Gasteiger partial charge in [0.2, 0.25) is 0 Å². The topological polar surface area (TPSA) is 9.23 Å². The van der Waals surface area contributed by atoms with E-state index in [1.54, 1.807) is 0 Å². The van der Waals surface area contributed by atoms with Gasteiger partial charge in [-0.15, -0.1) is 11.6 Å². The zero-order chi connectivity index (χ0) is 15.6. The Morgan fingerprint density at radius 1 is 1.05 bits per heavy atom. The molecule has 0 N–H and O–H groups in total. The molecule has 0 aromatic heterocycles. The first-order valence-corrected chi connectivity index (χ1v) is 8.27. The summed E-state index contributed by atoms with van der Waals surface area (Å²) in [5.74, 6) is 2.12. The molecule has 2 aromatic rings. The minimum absolute atomic E-state index is 0.0223. The van der Waals surface area contributed by atoms with Gasteiger partial charge in [-0.05, 0) is 30.5 Å². The Bertz CT molecular complexity index is 644. The van der Waals surface area contributed by atoms with E-state index in [0.29, 0.717) is 5.88 Å². The van der Waals surface area contributed by atoms with Gasteiger partial charge in [0.15, 0.2) is 0 Å². The lowest BCUT2D eigenvalue weighted by Gasteiger charge is -2.24. The molecule has 0 aliphatic carbocycles. The van der Waals surface area contributed by atoms with Gasteiger partial charge in [0, 0.05) is 15.6 Å². The lowest BCUT2D eigenvalue weighted by molar-refractivity contribution is 0.451. The molecule has 0 heterocycles. The highest BCUT2D eigenvalue weighted by molar-refractivity contribution is 9.10. The van der Waals surface area contributed by atoms with Gasteiger partial charge in [-0.2, -0.15) is 0 Å². The van der Waals surface area contributed by atoms with Crippen molar-refractivity contribution in [3.05, 3.63) is 57.6 Å². The van der Waals surface area contributed by atoms with E-state index in [-0.39, 0.29) is 5.41 Å². The summed E-state index contributed by atoms with van der Waals surface area (Å²) < 4.78 is 7.16. The van der Waals surface area contributed by atoms with Crippen molar-refractivity contribution in [3.8, 4) is 11.5 Å². The summed E-state index contributed by atoms with van der Waals surface area (Å²) in [5, 5.41) is 0. The van der Waals surface area contributed by atoms with E-state index in [2.05, 4.69) is 55.8 Å². The molecule has 2 rings (SSSR count). The summed E-state index contributed by atoms with van der Waals surface area (Å²) in [4.78, 5) is 0. The van der Waals surface area contributed by atoms with Gasteiger partial charge < -0.3 is 4.74 Å². The molecule has 3 heteroatoms.